The van der Waals surface area contributed by atoms with Crippen LogP contribution in [0.25, 0.3) is 0 Å². The zero-order valence-electron chi connectivity index (χ0n) is 15.2. The van der Waals surface area contributed by atoms with Gasteiger partial charge in [0.15, 0.2) is 0 Å². The molecule has 0 saturated carbocycles. The number of nitrogens with one attached hydrogen (secondary N) is 1. The molecule has 0 aliphatic carbocycles. The first-order chi connectivity index (χ1) is 12.0. The molecule has 7 heteroatoms. The Morgan fingerprint density at radius 2 is 2.32 bits per heavy atom. The summed E-state index contributed by atoms with van der Waals surface area (Å²) < 4.78 is 7.33. The van der Waals surface area contributed by atoms with E-state index in [4.69, 9.17) is 4.42 Å². The van der Waals surface area contributed by atoms with E-state index in [9.17, 15) is 4.79 Å². The molecule has 2 aromatic rings. The predicted octanol–water partition coefficient (Wildman–Crippen LogP) is 2.08. The van der Waals surface area contributed by atoms with Gasteiger partial charge in [-0.1, -0.05) is 0 Å². The Morgan fingerprint density at radius 1 is 1.48 bits per heavy atom. The molecule has 1 fully saturated rings. The summed E-state index contributed by atoms with van der Waals surface area (Å²) in [5.41, 5.74) is 0. The van der Waals surface area contributed by atoms with Crippen LogP contribution in [-0.2, 0) is 11.3 Å². The summed E-state index contributed by atoms with van der Waals surface area (Å²) in [6.07, 6.45) is 3.90. The number of carbonyl (C=O) groups excluding carboxylic acids is 1. The molecule has 0 bridgehead atoms. The van der Waals surface area contributed by atoms with Crippen molar-refractivity contribution in [1.82, 2.24) is 25.0 Å². The number of nitrogens with zero attached hydrogens (tertiary/aromatic N) is 4. The van der Waals surface area contributed by atoms with Gasteiger partial charge in [-0.3, -0.25) is 9.69 Å². The number of piperidine rings is 1. The minimum Gasteiger partial charge on any atom is -0.467 e. The van der Waals surface area contributed by atoms with Gasteiger partial charge in [0.25, 0.3) is 0 Å². The van der Waals surface area contributed by atoms with E-state index in [0.717, 1.165) is 43.5 Å². The standard InChI is InChI=1S/C18H27N5O2/c1-13(17-7-5-9-25-17)19-18(24)12-22-8-4-6-16(10-22)11-23-15(3)20-14(2)21-23/h5,7,9,13,16H,4,6,8,10-12H2,1-3H3,(H,19,24)/t13-,16+/m1/s1. The first-order valence-electron chi connectivity index (χ1n) is 8.94. The minimum atomic E-state index is -0.108. The van der Waals surface area contributed by atoms with E-state index < -0.39 is 0 Å². The normalized spacial score (nSPS) is 19.7. The summed E-state index contributed by atoms with van der Waals surface area (Å²) in [5, 5.41) is 7.46. The number of aromatic nitrogens is 3. The fraction of sp³-hybridized carbons (Fsp3) is 0.611. The van der Waals surface area contributed by atoms with Gasteiger partial charge in [-0.25, -0.2) is 9.67 Å². The van der Waals surface area contributed by atoms with Crippen molar-refractivity contribution in [2.75, 3.05) is 19.6 Å². The van der Waals surface area contributed by atoms with E-state index >= 15 is 0 Å². The average Bonchev–Trinajstić information content (AvgIpc) is 3.18. The van der Waals surface area contributed by atoms with Crippen molar-refractivity contribution in [1.29, 1.82) is 0 Å². The largest absolute Gasteiger partial charge is 0.467 e. The zero-order chi connectivity index (χ0) is 17.8. The zero-order valence-corrected chi connectivity index (χ0v) is 15.2. The highest BCUT2D eigenvalue weighted by molar-refractivity contribution is 5.78. The summed E-state index contributed by atoms with van der Waals surface area (Å²) >= 11 is 0. The third kappa shape index (κ3) is 4.69. The van der Waals surface area contributed by atoms with E-state index in [1.54, 1.807) is 6.26 Å². The lowest BCUT2D eigenvalue weighted by Crippen LogP contribution is -2.43. The third-order valence-corrected chi connectivity index (χ3v) is 4.71. The Morgan fingerprint density at radius 3 is 3.00 bits per heavy atom. The minimum absolute atomic E-state index is 0.0392. The topological polar surface area (TPSA) is 76.2 Å². The van der Waals surface area contributed by atoms with E-state index in [0.29, 0.717) is 12.5 Å². The highest BCUT2D eigenvalue weighted by atomic mass is 16.3. The monoisotopic (exact) mass is 345 g/mol. The lowest BCUT2D eigenvalue weighted by atomic mass is 9.98. The van der Waals surface area contributed by atoms with Gasteiger partial charge in [0, 0.05) is 13.1 Å². The fourth-order valence-electron chi connectivity index (χ4n) is 3.52. The van der Waals surface area contributed by atoms with Gasteiger partial charge in [-0.05, 0) is 58.2 Å². The molecule has 136 valence electrons. The van der Waals surface area contributed by atoms with Crippen LogP contribution in [0.5, 0.6) is 0 Å². The number of hydrogen-bond acceptors (Lipinski definition) is 5. The van der Waals surface area contributed by atoms with Crippen molar-refractivity contribution in [3.8, 4) is 0 Å². The molecule has 1 N–H and O–H groups in total. The first kappa shape index (κ1) is 17.7. The van der Waals surface area contributed by atoms with Gasteiger partial charge in [0.05, 0.1) is 18.8 Å². The Bertz CT molecular complexity index is 694. The van der Waals surface area contributed by atoms with Crippen LogP contribution in [0.4, 0.5) is 0 Å². The predicted molar refractivity (Wildman–Crippen MR) is 93.9 cm³/mol. The van der Waals surface area contributed by atoms with E-state index in [1.165, 1.54) is 6.42 Å². The molecule has 2 atom stereocenters. The van der Waals surface area contributed by atoms with Crippen LogP contribution in [0.3, 0.4) is 0 Å². The van der Waals surface area contributed by atoms with Crippen LogP contribution in [0.2, 0.25) is 0 Å². The van der Waals surface area contributed by atoms with Crippen molar-refractivity contribution in [3.63, 3.8) is 0 Å². The second-order valence-electron chi connectivity index (χ2n) is 6.94. The second kappa shape index (κ2) is 7.82. The molecule has 25 heavy (non-hydrogen) atoms. The van der Waals surface area contributed by atoms with Crippen molar-refractivity contribution in [3.05, 3.63) is 35.8 Å². The highest BCUT2D eigenvalue weighted by Gasteiger charge is 2.23. The Hall–Kier alpha value is -2.15. The van der Waals surface area contributed by atoms with E-state index in [-0.39, 0.29) is 11.9 Å². The van der Waals surface area contributed by atoms with Crippen LogP contribution in [-0.4, -0.2) is 45.2 Å². The van der Waals surface area contributed by atoms with Crippen LogP contribution in [0, 0.1) is 19.8 Å². The van der Waals surface area contributed by atoms with Crippen molar-refractivity contribution < 1.29 is 9.21 Å². The van der Waals surface area contributed by atoms with Gasteiger partial charge in [0.2, 0.25) is 5.91 Å². The summed E-state index contributed by atoms with van der Waals surface area (Å²) in [7, 11) is 0. The van der Waals surface area contributed by atoms with E-state index in [2.05, 4.69) is 20.3 Å². The van der Waals surface area contributed by atoms with Crippen LogP contribution < -0.4 is 5.32 Å². The third-order valence-electron chi connectivity index (χ3n) is 4.71. The molecule has 2 aromatic heterocycles. The van der Waals surface area contributed by atoms with E-state index in [1.807, 2.05) is 37.6 Å². The smallest absolute Gasteiger partial charge is 0.234 e. The summed E-state index contributed by atoms with van der Waals surface area (Å²) in [5.74, 6) is 3.10. The summed E-state index contributed by atoms with van der Waals surface area (Å²) in [6.45, 7) is 9.02. The van der Waals surface area contributed by atoms with Crippen molar-refractivity contribution >= 4 is 5.91 Å². The quantitative estimate of drug-likeness (QED) is 0.867. The number of carbonyl (C=O) groups is 1. The maximum atomic E-state index is 12.3. The number of likely N-dealkylation sites (tertiary alicyclic amines) is 1. The molecule has 0 unspecified atom stereocenters. The van der Waals surface area contributed by atoms with Gasteiger partial charge >= 0.3 is 0 Å². The SMILES string of the molecule is Cc1nc(C)n(C[C@H]2CCCN(CC(=O)N[C@H](C)c3ccco3)C2)n1. The van der Waals surface area contributed by atoms with Gasteiger partial charge in [0.1, 0.15) is 17.4 Å². The molecule has 0 radical (unpaired) electrons. The molecule has 3 rings (SSSR count). The molecule has 1 saturated heterocycles. The highest BCUT2D eigenvalue weighted by Crippen LogP contribution is 2.19. The fourth-order valence-corrected chi connectivity index (χ4v) is 3.52. The first-order valence-corrected chi connectivity index (χ1v) is 8.94. The molecular weight excluding hydrogens is 318 g/mol. The Kier molecular flexibility index (Phi) is 5.53. The number of amides is 1. The lowest BCUT2D eigenvalue weighted by Gasteiger charge is -2.32. The van der Waals surface area contributed by atoms with Crippen LogP contribution >= 0.6 is 0 Å². The molecule has 0 spiro atoms. The number of hydrogen-bond donors (Lipinski definition) is 1. The second-order valence-corrected chi connectivity index (χ2v) is 6.94. The maximum Gasteiger partial charge on any atom is 0.234 e. The van der Waals surface area contributed by atoms with Gasteiger partial charge in [-0.15, -0.1) is 0 Å². The lowest BCUT2D eigenvalue weighted by molar-refractivity contribution is -0.123. The molecule has 1 aliphatic rings. The Labute approximate surface area is 148 Å². The van der Waals surface area contributed by atoms with Crippen molar-refractivity contribution in [2.45, 2.75) is 46.2 Å². The molecule has 1 amide bonds. The number of furan rings is 1. The number of aryl methyl sites for hydroxylation is 2. The average molecular weight is 345 g/mol. The summed E-state index contributed by atoms with van der Waals surface area (Å²) in [6, 6.07) is 3.61. The molecule has 3 heterocycles. The molecule has 1 aliphatic heterocycles. The maximum absolute atomic E-state index is 12.3. The molecule has 0 aromatic carbocycles. The van der Waals surface area contributed by atoms with Crippen LogP contribution in [0.1, 0.15) is 43.2 Å². The Balaban J connectivity index is 1.49. The van der Waals surface area contributed by atoms with Crippen LogP contribution in [0.15, 0.2) is 22.8 Å². The van der Waals surface area contributed by atoms with Gasteiger partial charge < -0.3 is 9.73 Å². The summed E-state index contributed by atoms with van der Waals surface area (Å²) in [4.78, 5) is 18.9. The molecular formula is C18H27N5O2. The molecule has 7 nitrogen and oxygen atoms in total. The van der Waals surface area contributed by atoms with Crippen molar-refractivity contribution in [2.24, 2.45) is 5.92 Å². The number of rotatable bonds is 6. The van der Waals surface area contributed by atoms with Gasteiger partial charge in [-0.2, -0.15) is 5.10 Å².